The van der Waals surface area contributed by atoms with Crippen LogP contribution in [-0.4, -0.2) is 125 Å². The second-order valence-corrected chi connectivity index (χ2v) is 23.8. The van der Waals surface area contributed by atoms with Gasteiger partial charge in [-0.05, 0) is 108 Å². The fraction of sp³-hybridized carbons (Fsp3) is 0.340. The SMILES string of the molecule is COc1cc(N2CCN(C3CC4CN(c5ccc6c(c5)C(=O)N(C5CCC(=O)NC5=O)C6=O)CC4C3)CC2)c(-c2cnn(C)c2)cc1Nc1ncc(Br)c(Nc2ccc(-c3ccccc3)cc2P(C)(C)=O)n1. The van der Waals surface area contributed by atoms with Crippen LogP contribution in [0.5, 0.6) is 5.75 Å². The van der Waals surface area contributed by atoms with E-state index in [1.54, 1.807) is 43.5 Å². The minimum atomic E-state index is -2.72. The Labute approximate surface area is 425 Å². The van der Waals surface area contributed by atoms with E-state index in [0.717, 1.165) is 95.9 Å². The maximum absolute atomic E-state index is 13.7. The zero-order chi connectivity index (χ0) is 50.0. The van der Waals surface area contributed by atoms with Gasteiger partial charge in [-0.1, -0.05) is 36.4 Å². The van der Waals surface area contributed by atoms with E-state index in [2.05, 4.69) is 68.8 Å². The van der Waals surface area contributed by atoms with E-state index < -0.39 is 36.8 Å². The van der Waals surface area contributed by atoms with Gasteiger partial charge in [-0.25, -0.2) is 4.98 Å². The third-order valence-electron chi connectivity index (χ3n) is 14.9. The molecule has 3 N–H and O–H groups in total. The Morgan fingerprint density at radius 3 is 2.22 bits per heavy atom. The lowest BCUT2D eigenvalue weighted by Crippen LogP contribution is -2.54. The Balaban J connectivity index is 0.761. The Kier molecular flexibility index (Phi) is 12.5. The molecule has 6 aromatic rings. The number of anilines is 6. The summed E-state index contributed by atoms with van der Waals surface area (Å²) in [7, 11) is 0.858. The first kappa shape index (κ1) is 47.4. The molecule has 4 aliphatic heterocycles. The van der Waals surface area contributed by atoms with E-state index in [1.807, 2.05) is 74.0 Å². The molecule has 3 atom stereocenters. The number of hydrogen-bond acceptors (Lipinski definition) is 14. The molecule has 19 heteroatoms. The van der Waals surface area contributed by atoms with E-state index in [-0.39, 0.29) is 12.8 Å². The van der Waals surface area contributed by atoms with Gasteiger partial charge in [0.1, 0.15) is 24.8 Å². The van der Waals surface area contributed by atoms with Crippen LogP contribution in [0.25, 0.3) is 22.3 Å². The van der Waals surface area contributed by atoms with Crippen molar-refractivity contribution in [1.82, 2.24) is 34.9 Å². The molecule has 4 aromatic carbocycles. The molecule has 370 valence electrons. The standard InChI is InChI=1S/C53H55BrN11O6P/c1-61-28-35(26-56-61)39-24-43(58-53-55-27-41(54)49(60-53)57-42-13-10-32(22-47(42)72(3,4)70)31-8-6-5-7-9-31)46(71-2)25-45(39)63-18-16-62(17-19-63)37-20-33-29-64(30-34(33)21-37)36-11-12-38-40(23-36)52(69)65(51(38)68)44-14-15-48(66)59-50(44)67/h5-13,22-28,33-34,37,44H,14-21,29-30H2,1-4H3,(H,59,66,67)(H2,55,57,58,60). The van der Waals surface area contributed by atoms with Crippen LogP contribution in [0.1, 0.15) is 46.4 Å². The second-order valence-electron chi connectivity index (χ2n) is 19.8. The van der Waals surface area contributed by atoms with Crippen molar-refractivity contribution in [2.45, 2.75) is 37.8 Å². The highest BCUT2D eigenvalue weighted by atomic mass is 79.9. The van der Waals surface area contributed by atoms with Gasteiger partial charge in [0.05, 0.1) is 40.3 Å². The monoisotopic (exact) mass is 1050 g/mol. The lowest BCUT2D eigenvalue weighted by atomic mass is 10.0. The number of amides is 4. The number of aromatic nitrogens is 4. The average Bonchev–Trinajstić information content (AvgIpc) is 4.15. The van der Waals surface area contributed by atoms with Gasteiger partial charge < -0.3 is 29.7 Å². The fourth-order valence-corrected chi connectivity index (χ4v) is 12.8. The van der Waals surface area contributed by atoms with Gasteiger partial charge in [0, 0.05) is 105 Å². The van der Waals surface area contributed by atoms with Gasteiger partial charge in [-0.3, -0.25) is 39.0 Å². The number of halogens is 1. The highest BCUT2D eigenvalue weighted by Crippen LogP contribution is 2.45. The largest absolute Gasteiger partial charge is 0.494 e. The number of benzene rings is 4. The van der Waals surface area contributed by atoms with Crippen molar-refractivity contribution in [1.29, 1.82) is 0 Å². The van der Waals surface area contributed by atoms with E-state index in [9.17, 15) is 23.7 Å². The smallest absolute Gasteiger partial charge is 0.262 e. The Bertz CT molecular complexity index is 3200. The molecule has 3 saturated heterocycles. The summed E-state index contributed by atoms with van der Waals surface area (Å²) in [5.41, 5.74) is 7.95. The number of ether oxygens (including phenoxy) is 1. The van der Waals surface area contributed by atoms with Crippen LogP contribution in [0.3, 0.4) is 0 Å². The van der Waals surface area contributed by atoms with E-state index in [0.29, 0.717) is 62.4 Å². The number of nitrogens with zero attached hydrogens (tertiary/aromatic N) is 8. The predicted octanol–water partition coefficient (Wildman–Crippen LogP) is 7.49. The summed E-state index contributed by atoms with van der Waals surface area (Å²) < 4.78 is 22.2. The van der Waals surface area contributed by atoms with Crippen LogP contribution >= 0.6 is 23.1 Å². The number of nitrogens with one attached hydrogen (secondary N) is 3. The van der Waals surface area contributed by atoms with Gasteiger partial charge in [-0.2, -0.15) is 10.1 Å². The highest BCUT2D eigenvalue weighted by molar-refractivity contribution is 9.10. The molecular weight excluding hydrogens is 998 g/mol. The first-order valence-corrected chi connectivity index (χ1v) is 27.7. The normalized spacial score (nSPS) is 21.3. The number of carbonyl (C=O) groups excluding carboxylic acids is 4. The predicted molar refractivity (Wildman–Crippen MR) is 282 cm³/mol. The van der Waals surface area contributed by atoms with Crippen LogP contribution in [-0.2, 0) is 21.2 Å². The van der Waals surface area contributed by atoms with Crippen LogP contribution in [0, 0.1) is 11.8 Å². The van der Waals surface area contributed by atoms with Gasteiger partial charge in [-0.15, -0.1) is 0 Å². The van der Waals surface area contributed by atoms with Crippen LogP contribution in [0.15, 0.2) is 102 Å². The van der Waals surface area contributed by atoms with Gasteiger partial charge >= 0.3 is 0 Å². The number of piperazine rings is 1. The van der Waals surface area contributed by atoms with Crippen molar-refractivity contribution in [3.63, 3.8) is 0 Å². The molecule has 5 aliphatic rings. The van der Waals surface area contributed by atoms with Crippen molar-refractivity contribution in [2.24, 2.45) is 18.9 Å². The molecular formula is C53H55BrN11O6P. The summed E-state index contributed by atoms with van der Waals surface area (Å²) in [6.45, 7) is 8.79. The summed E-state index contributed by atoms with van der Waals surface area (Å²) in [5.74, 6) is 0.545. The summed E-state index contributed by atoms with van der Waals surface area (Å²) in [4.78, 5) is 69.1. The first-order valence-electron chi connectivity index (χ1n) is 24.3. The summed E-state index contributed by atoms with van der Waals surface area (Å²) >= 11 is 3.64. The third-order valence-corrected chi connectivity index (χ3v) is 17.1. The molecule has 0 bridgehead atoms. The molecule has 0 spiro atoms. The first-order chi connectivity index (χ1) is 34.7. The molecule has 3 unspecified atom stereocenters. The number of carbonyl (C=O) groups is 4. The summed E-state index contributed by atoms with van der Waals surface area (Å²) in [6, 6.07) is 25.1. The molecule has 4 fully saturated rings. The van der Waals surface area contributed by atoms with Gasteiger partial charge in [0.15, 0.2) is 0 Å². The maximum Gasteiger partial charge on any atom is 0.262 e. The van der Waals surface area contributed by atoms with Crippen molar-refractivity contribution in [3.8, 4) is 28.0 Å². The molecule has 2 aromatic heterocycles. The van der Waals surface area contributed by atoms with Crippen LogP contribution < -0.4 is 35.8 Å². The fourth-order valence-electron chi connectivity index (χ4n) is 11.3. The maximum atomic E-state index is 13.7. The lowest BCUT2D eigenvalue weighted by molar-refractivity contribution is -0.136. The van der Waals surface area contributed by atoms with Crippen LogP contribution in [0.2, 0.25) is 0 Å². The molecule has 72 heavy (non-hydrogen) atoms. The Hall–Kier alpha value is -6.88. The second kappa shape index (κ2) is 18.9. The van der Waals surface area contributed by atoms with E-state index in [4.69, 9.17) is 9.72 Å². The van der Waals surface area contributed by atoms with Crippen molar-refractivity contribution in [2.75, 3.05) is 80.1 Å². The van der Waals surface area contributed by atoms with Crippen LogP contribution in [0.4, 0.5) is 34.5 Å². The number of rotatable bonds is 12. The minimum absolute atomic E-state index is 0.0861. The number of aryl methyl sites for hydroxylation is 1. The number of fused-ring (bicyclic) bond motifs is 2. The third kappa shape index (κ3) is 9.04. The quantitative estimate of drug-likeness (QED) is 0.0809. The summed E-state index contributed by atoms with van der Waals surface area (Å²) in [6.07, 6.45) is 7.98. The number of hydrogen-bond donors (Lipinski definition) is 3. The summed E-state index contributed by atoms with van der Waals surface area (Å²) in [5, 5.41) is 14.4. The molecule has 0 radical (unpaired) electrons. The van der Waals surface area contributed by atoms with E-state index in [1.165, 1.54) is 0 Å². The Morgan fingerprint density at radius 2 is 1.53 bits per heavy atom. The van der Waals surface area contributed by atoms with Crippen molar-refractivity contribution >= 4 is 86.5 Å². The van der Waals surface area contributed by atoms with Gasteiger partial charge in [0.25, 0.3) is 11.8 Å². The Morgan fingerprint density at radius 1 is 0.778 bits per heavy atom. The van der Waals surface area contributed by atoms with Gasteiger partial charge in [0.2, 0.25) is 17.8 Å². The molecule has 1 aliphatic carbocycles. The zero-order valence-corrected chi connectivity index (χ0v) is 43.0. The molecule has 1 saturated carbocycles. The highest BCUT2D eigenvalue weighted by Gasteiger charge is 2.47. The number of methoxy groups -OCH3 is 1. The van der Waals surface area contributed by atoms with Crippen molar-refractivity contribution in [3.05, 3.63) is 113 Å². The number of imide groups is 2. The molecule has 4 amide bonds. The average molecular weight is 1050 g/mol. The number of piperidine rings is 1. The molecule has 11 rings (SSSR count). The lowest BCUT2D eigenvalue weighted by Gasteiger charge is -2.40. The topological polar surface area (TPSA) is 187 Å². The van der Waals surface area contributed by atoms with E-state index >= 15 is 0 Å². The minimum Gasteiger partial charge on any atom is -0.494 e. The molecule has 17 nitrogen and oxygen atoms in total. The molecule has 6 heterocycles. The zero-order valence-electron chi connectivity index (χ0n) is 40.5. The van der Waals surface area contributed by atoms with Crippen molar-refractivity contribution < 1.29 is 28.5 Å².